The molecule has 0 atom stereocenters. The number of rotatable bonds is 4. The highest BCUT2D eigenvalue weighted by Crippen LogP contribution is 2.26. The lowest BCUT2D eigenvalue weighted by atomic mass is 10.1. The molecule has 2 aromatic rings. The summed E-state index contributed by atoms with van der Waals surface area (Å²) < 4.78 is 10.2. The lowest BCUT2D eigenvalue weighted by molar-refractivity contribution is 0.0996. The normalized spacial score (nSPS) is 11.2. The minimum absolute atomic E-state index is 0.0657. The summed E-state index contributed by atoms with van der Waals surface area (Å²) in [5, 5.41) is 14.3. The number of oxime groups is 1. The van der Waals surface area contributed by atoms with Gasteiger partial charge in [0.15, 0.2) is 16.8 Å². The molecule has 0 aliphatic rings. The molecule has 1 aromatic heterocycles. The zero-order chi connectivity index (χ0) is 15.4. The van der Waals surface area contributed by atoms with Crippen molar-refractivity contribution in [1.82, 2.24) is 0 Å². The number of furan rings is 1. The van der Waals surface area contributed by atoms with Gasteiger partial charge in [-0.25, -0.2) is 0 Å². The smallest absolute Gasteiger partial charge is 0.291 e. The number of amidine groups is 1. The quantitative estimate of drug-likeness (QED) is 0.347. The van der Waals surface area contributed by atoms with Crippen molar-refractivity contribution in [3.05, 3.63) is 46.9 Å². The zero-order valence-corrected chi connectivity index (χ0v) is 11.7. The van der Waals surface area contributed by atoms with Gasteiger partial charge >= 0.3 is 0 Å². The highest BCUT2D eigenvalue weighted by molar-refractivity contribution is 6.29. The van der Waals surface area contributed by atoms with Crippen LogP contribution in [0.15, 0.2) is 39.9 Å². The minimum atomic E-state index is -0.475. The Morgan fingerprint density at radius 3 is 2.76 bits per heavy atom. The van der Waals surface area contributed by atoms with Crippen LogP contribution in [0.1, 0.15) is 16.1 Å². The van der Waals surface area contributed by atoms with E-state index in [1.165, 1.54) is 25.3 Å². The van der Waals surface area contributed by atoms with E-state index in [1.807, 2.05) is 0 Å². The average molecular weight is 310 g/mol. The topological polar surface area (TPSA) is 110 Å². The standard InChI is InChI=1S/C13H12ClN3O4/c1-20-10-6-7(12(15)17-19)2-3-8(10)16-13(18)9-4-5-11(14)21-9/h2-6,19H,1H3,(H2,15,17)(H,16,18). The molecule has 0 saturated carbocycles. The van der Waals surface area contributed by atoms with Crippen LogP contribution < -0.4 is 15.8 Å². The van der Waals surface area contributed by atoms with Gasteiger partial charge in [-0.15, -0.1) is 0 Å². The molecule has 2 rings (SSSR count). The van der Waals surface area contributed by atoms with Crippen LogP contribution in [-0.2, 0) is 0 Å². The van der Waals surface area contributed by atoms with E-state index in [-0.39, 0.29) is 16.8 Å². The molecule has 0 saturated heterocycles. The van der Waals surface area contributed by atoms with Crippen LogP contribution in [0, 0.1) is 0 Å². The number of anilines is 1. The number of nitrogens with one attached hydrogen (secondary N) is 1. The molecule has 1 aromatic carbocycles. The van der Waals surface area contributed by atoms with Gasteiger partial charge in [0.2, 0.25) is 0 Å². The number of nitrogens with two attached hydrogens (primary N) is 1. The number of hydrogen-bond donors (Lipinski definition) is 3. The van der Waals surface area contributed by atoms with E-state index in [0.29, 0.717) is 17.0 Å². The summed E-state index contributed by atoms with van der Waals surface area (Å²) in [5.74, 6) is -0.117. The van der Waals surface area contributed by atoms with Crippen molar-refractivity contribution in [1.29, 1.82) is 0 Å². The summed E-state index contributed by atoms with van der Waals surface area (Å²) in [6.07, 6.45) is 0. The highest BCUT2D eigenvalue weighted by atomic mass is 35.5. The van der Waals surface area contributed by atoms with Crippen LogP contribution in [0.4, 0.5) is 5.69 Å². The molecule has 0 aliphatic heterocycles. The van der Waals surface area contributed by atoms with Gasteiger partial charge in [0.05, 0.1) is 12.8 Å². The predicted molar refractivity (Wildman–Crippen MR) is 77.2 cm³/mol. The Bertz CT molecular complexity index is 696. The van der Waals surface area contributed by atoms with Crippen molar-refractivity contribution >= 4 is 29.0 Å². The second kappa shape index (κ2) is 6.19. The van der Waals surface area contributed by atoms with E-state index in [4.69, 9.17) is 31.7 Å². The molecule has 0 unspecified atom stereocenters. The van der Waals surface area contributed by atoms with E-state index in [1.54, 1.807) is 12.1 Å². The number of carbonyl (C=O) groups excluding carboxylic acids is 1. The molecule has 0 aliphatic carbocycles. The van der Waals surface area contributed by atoms with Gasteiger partial charge in [0.1, 0.15) is 5.75 Å². The fourth-order valence-electron chi connectivity index (χ4n) is 1.63. The second-order valence-electron chi connectivity index (χ2n) is 3.96. The van der Waals surface area contributed by atoms with Crippen LogP contribution in [0.3, 0.4) is 0 Å². The number of hydrogen-bond acceptors (Lipinski definition) is 5. The van der Waals surface area contributed by atoms with Crippen molar-refractivity contribution in [3.8, 4) is 5.75 Å². The molecule has 1 amide bonds. The number of ether oxygens (including phenoxy) is 1. The molecule has 110 valence electrons. The Morgan fingerprint density at radius 2 is 2.19 bits per heavy atom. The Hall–Kier alpha value is -2.67. The molecule has 21 heavy (non-hydrogen) atoms. The number of benzene rings is 1. The molecule has 0 spiro atoms. The van der Waals surface area contributed by atoms with Gasteiger partial charge in [-0.1, -0.05) is 5.16 Å². The number of amides is 1. The maximum Gasteiger partial charge on any atom is 0.291 e. The first-order chi connectivity index (χ1) is 10.0. The van der Waals surface area contributed by atoms with Crippen LogP contribution in [0.5, 0.6) is 5.75 Å². The third-order valence-electron chi connectivity index (χ3n) is 2.65. The van der Waals surface area contributed by atoms with Crippen molar-refractivity contribution in [2.75, 3.05) is 12.4 Å². The van der Waals surface area contributed by atoms with Crippen molar-refractivity contribution in [3.63, 3.8) is 0 Å². The maximum atomic E-state index is 12.0. The summed E-state index contributed by atoms with van der Waals surface area (Å²) >= 11 is 5.62. The van der Waals surface area contributed by atoms with Crippen LogP contribution >= 0.6 is 11.6 Å². The Kier molecular flexibility index (Phi) is 4.34. The largest absolute Gasteiger partial charge is 0.495 e. The van der Waals surface area contributed by atoms with E-state index in [9.17, 15) is 4.79 Å². The highest BCUT2D eigenvalue weighted by Gasteiger charge is 2.14. The first kappa shape index (κ1) is 14.7. The van der Waals surface area contributed by atoms with Gasteiger partial charge in [-0.3, -0.25) is 4.79 Å². The fraction of sp³-hybridized carbons (Fsp3) is 0.0769. The summed E-state index contributed by atoms with van der Waals surface area (Å²) in [5.41, 5.74) is 6.35. The van der Waals surface area contributed by atoms with Gasteiger partial charge in [-0.05, 0) is 41.9 Å². The molecule has 7 nitrogen and oxygen atoms in total. The molecule has 0 radical (unpaired) electrons. The molecule has 8 heteroatoms. The number of carbonyl (C=O) groups is 1. The molecule has 0 bridgehead atoms. The van der Waals surface area contributed by atoms with E-state index >= 15 is 0 Å². The first-order valence-electron chi connectivity index (χ1n) is 5.77. The van der Waals surface area contributed by atoms with Crippen LogP contribution in [0.2, 0.25) is 5.22 Å². The number of methoxy groups -OCH3 is 1. The zero-order valence-electron chi connectivity index (χ0n) is 11.0. The monoisotopic (exact) mass is 309 g/mol. The minimum Gasteiger partial charge on any atom is -0.495 e. The lowest BCUT2D eigenvalue weighted by Crippen LogP contribution is -2.15. The van der Waals surface area contributed by atoms with Crippen LogP contribution in [0.25, 0.3) is 0 Å². The van der Waals surface area contributed by atoms with Gasteiger partial charge in [-0.2, -0.15) is 0 Å². The Labute approximate surface area is 124 Å². The van der Waals surface area contributed by atoms with Crippen molar-refractivity contribution in [2.24, 2.45) is 10.9 Å². The third kappa shape index (κ3) is 3.26. The van der Waals surface area contributed by atoms with E-state index in [2.05, 4.69) is 10.5 Å². The van der Waals surface area contributed by atoms with Gasteiger partial charge in [0.25, 0.3) is 5.91 Å². The second-order valence-corrected chi connectivity index (χ2v) is 4.33. The molecule has 0 fully saturated rings. The van der Waals surface area contributed by atoms with Crippen molar-refractivity contribution < 1.29 is 19.2 Å². The molecular formula is C13H12ClN3O4. The van der Waals surface area contributed by atoms with E-state index < -0.39 is 5.91 Å². The summed E-state index contributed by atoms with van der Waals surface area (Å²) in [6.45, 7) is 0. The fourth-order valence-corrected chi connectivity index (χ4v) is 1.78. The number of nitrogens with zero attached hydrogens (tertiary/aromatic N) is 1. The summed E-state index contributed by atoms with van der Waals surface area (Å²) in [7, 11) is 1.44. The van der Waals surface area contributed by atoms with Crippen molar-refractivity contribution in [2.45, 2.75) is 0 Å². The Morgan fingerprint density at radius 1 is 1.43 bits per heavy atom. The van der Waals surface area contributed by atoms with Gasteiger partial charge < -0.3 is 25.4 Å². The summed E-state index contributed by atoms with van der Waals surface area (Å²) in [4.78, 5) is 12.0. The summed E-state index contributed by atoms with van der Waals surface area (Å²) in [6, 6.07) is 7.58. The number of halogens is 1. The van der Waals surface area contributed by atoms with E-state index in [0.717, 1.165) is 0 Å². The third-order valence-corrected chi connectivity index (χ3v) is 2.85. The van der Waals surface area contributed by atoms with Crippen LogP contribution in [-0.4, -0.2) is 24.1 Å². The molecule has 4 N–H and O–H groups in total. The molecule has 1 heterocycles. The Balaban J connectivity index is 2.26. The SMILES string of the molecule is COc1cc(/C(N)=N/O)ccc1NC(=O)c1ccc(Cl)o1. The lowest BCUT2D eigenvalue weighted by Gasteiger charge is -2.10. The first-order valence-corrected chi connectivity index (χ1v) is 6.15. The average Bonchev–Trinajstić information content (AvgIpc) is 2.93. The molecular weight excluding hydrogens is 298 g/mol. The van der Waals surface area contributed by atoms with Gasteiger partial charge in [0, 0.05) is 5.56 Å². The maximum absolute atomic E-state index is 12.0. The predicted octanol–water partition coefficient (Wildman–Crippen LogP) is 2.29.